The summed E-state index contributed by atoms with van der Waals surface area (Å²) < 4.78 is 5.22. The zero-order chi connectivity index (χ0) is 16.2. The number of amides is 1. The molecule has 0 unspecified atom stereocenters. The van der Waals surface area contributed by atoms with Crippen molar-refractivity contribution >= 4 is 29.5 Å². The smallest absolute Gasteiger partial charge is 0.413 e. The summed E-state index contributed by atoms with van der Waals surface area (Å²) in [5.41, 5.74) is -0.130. The molecule has 1 aromatic heterocycles. The third-order valence-corrected chi connectivity index (χ3v) is 4.33. The first-order valence-electron chi connectivity index (χ1n) is 7.44. The molecule has 0 radical (unpaired) electrons. The second-order valence-electron chi connectivity index (χ2n) is 6.28. The number of ether oxygens (including phenoxy) is 1. The maximum atomic E-state index is 12.6. The van der Waals surface area contributed by atoms with Crippen LogP contribution in [-0.2, 0) is 4.74 Å². The Labute approximate surface area is 135 Å². The first-order valence-corrected chi connectivity index (χ1v) is 8.59. The van der Waals surface area contributed by atoms with Crippen molar-refractivity contribution in [2.24, 2.45) is 5.92 Å². The van der Waals surface area contributed by atoms with Crippen LogP contribution in [0.1, 0.15) is 44.0 Å². The minimum atomic E-state index is -0.598. The second kappa shape index (κ2) is 7.13. The maximum Gasteiger partial charge on any atom is 0.413 e. The number of hydrogen-bond donors (Lipinski definition) is 1. The molecule has 120 valence electrons. The summed E-state index contributed by atoms with van der Waals surface area (Å²) in [6.45, 7) is 5.37. The lowest BCUT2D eigenvalue weighted by atomic mass is 9.93. The van der Waals surface area contributed by atoms with Crippen LogP contribution in [0.3, 0.4) is 0 Å². The molecule has 22 heavy (non-hydrogen) atoms. The van der Waals surface area contributed by atoms with Gasteiger partial charge in [-0.05, 0) is 57.3 Å². The lowest BCUT2D eigenvalue weighted by molar-refractivity contribution is 0.0635. The molecule has 2 rings (SSSR count). The van der Waals surface area contributed by atoms with Crippen molar-refractivity contribution in [3.8, 4) is 0 Å². The molecule has 1 aromatic rings. The van der Waals surface area contributed by atoms with Gasteiger partial charge in [0.2, 0.25) is 0 Å². The van der Waals surface area contributed by atoms with Gasteiger partial charge in [0.05, 0.1) is 5.56 Å². The Morgan fingerprint density at radius 3 is 2.64 bits per heavy atom. The van der Waals surface area contributed by atoms with Crippen molar-refractivity contribution in [1.82, 2.24) is 4.98 Å². The number of rotatable bonds is 3. The number of Topliss-reactive ketones (excluding diaryl/α,β-unsaturated/α-hetero) is 1. The fraction of sp³-hybridized carbons (Fsp3) is 0.562. The lowest BCUT2D eigenvalue weighted by Crippen LogP contribution is -2.28. The van der Waals surface area contributed by atoms with Gasteiger partial charge in [-0.2, -0.15) is 11.8 Å². The quantitative estimate of drug-likeness (QED) is 0.858. The van der Waals surface area contributed by atoms with Gasteiger partial charge in [-0.1, -0.05) is 0 Å². The predicted molar refractivity (Wildman–Crippen MR) is 88.5 cm³/mol. The van der Waals surface area contributed by atoms with Crippen LogP contribution < -0.4 is 5.32 Å². The van der Waals surface area contributed by atoms with Crippen molar-refractivity contribution in [2.45, 2.75) is 39.2 Å². The van der Waals surface area contributed by atoms with Crippen LogP contribution in [0, 0.1) is 5.92 Å². The van der Waals surface area contributed by atoms with E-state index in [1.807, 2.05) is 11.8 Å². The van der Waals surface area contributed by atoms with Gasteiger partial charge >= 0.3 is 6.09 Å². The number of thioether (sulfide) groups is 1. The van der Waals surface area contributed by atoms with E-state index in [-0.39, 0.29) is 17.5 Å². The first-order chi connectivity index (χ1) is 10.4. The maximum absolute atomic E-state index is 12.6. The molecule has 1 saturated heterocycles. The van der Waals surface area contributed by atoms with E-state index in [0.29, 0.717) is 5.56 Å². The largest absolute Gasteiger partial charge is 0.444 e. The van der Waals surface area contributed by atoms with E-state index in [9.17, 15) is 9.59 Å². The Morgan fingerprint density at radius 1 is 1.32 bits per heavy atom. The highest BCUT2D eigenvalue weighted by Gasteiger charge is 2.26. The molecule has 0 atom stereocenters. The van der Waals surface area contributed by atoms with Crippen LogP contribution in [0.25, 0.3) is 0 Å². The number of pyridine rings is 1. The van der Waals surface area contributed by atoms with Crippen molar-refractivity contribution in [1.29, 1.82) is 0 Å². The molecule has 0 aliphatic carbocycles. The molecule has 1 N–H and O–H groups in total. The van der Waals surface area contributed by atoms with Crippen molar-refractivity contribution in [3.05, 3.63) is 23.9 Å². The summed E-state index contributed by atoms with van der Waals surface area (Å²) >= 11 is 1.87. The van der Waals surface area contributed by atoms with E-state index in [4.69, 9.17) is 4.74 Å². The van der Waals surface area contributed by atoms with Crippen molar-refractivity contribution in [2.75, 3.05) is 16.8 Å². The summed E-state index contributed by atoms with van der Waals surface area (Å²) in [7, 11) is 0. The molecular weight excluding hydrogens is 300 g/mol. The number of hydrogen-bond acceptors (Lipinski definition) is 5. The van der Waals surface area contributed by atoms with Gasteiger partial charge in [0, 0.05) is 12.1 Å². The van der Waals surface area contributed by atoms with Gasteiger partial charge in [-0.25, -0.2) is 9.78 Å². The molecule has 0 saturated carbocycles. The standard InChI is InChI=1S/C16H22N2O3S/c1-16(2,3)21-15(20)18-14-12(5-4-8-17-14)13(19)11-6-9-22-10-7-11/h4-5,8,11H,6-7,9-10H2,1-3H3,(H,17,18,20). The highest BCUT2D eigenvalue weighted by atomic mass is 32.2. The van der Waals surface area contributed by atoms with Gasteiger partial charge in [-0.3, -0.25) is 10.1 Å². The van der Waals surface area contributed by atoms with Crippen LogP contribution in [0.2, 0.25) is 0 Å². The third kappa shape index (κ3) is 4.73. The van der Waals surface area contributed by atoms with E-state index >= 15 is 0 Å². The van der Waals surface area contributed by atoms with Crippen LogP contribution >= 0.6 is 11.8 Å². The van der Waals surface area contributed by atoms with Gasteiger partial charge in [0.15, 0.2) is 5.78 Å². The minimum Gasteiger partial charge on any atom is -0.444 e. The fourth-order valence-corrected chi connectivity index (χ4v) is 3.39. The highest BCUT2D eigenvalue weighted by molar-refractivity contribution is 7.99. The SMILES string of the molecule is CC(C)(C)OC(=O)Nc1ncccc1C(=O)C1CCSCC1. The number of aromatic nitrogens is 1. The summed E-state index contributed by atoms with van der Waals surface area (Å²) in [6, 6.07) is 3.43. The zero-order valence-corrected chi connectivity index (χ0v) is 14.0. The molecule has 1 aliphatic heterocycles. The van der Waals surface area contributed by atoms with Crippen molar-refractivity contribution < 1.29 is 14.3 Å². The fourth-order valence-electron chi connectivity index (χ4n) is 2.28. The van der Waals surface area contributed by atoms with Crippen molar-refractivity contribution in [3.63, 3.8) is 0 Å². The van der Waals surface area contributed by atoms with E-state index in [2.05, 4.69) is 10.3 Å². The monoisotopic (exact) mass is 322 g/mol. The van der Waals surface area contributed by atoms with Crippen LogP contribution in [0.15, 0.2) is 18.3 Å². The van der Waals surface area contributed by atoms with Gasteiger partial charge in [-0.15, -0.1) is 0 Å². The molecule has 0 aromatic carbocycles. The molecule has 0 bridgehead atoms. The number of carbonyl (C=O) groups excluding carboxylic acids is 2. The Bertz CT molecular complexity index is 549. The molecule has 2 heterocycles. The third-order valence-electron chi connectivity index (χ3n) is 3.28. The van der Waals surface area contributed by atoms with Crippen LogP contribution in [0.4, 0.5) is 10.6 Å². The molecule has 1 amide bonds. The number of anilines is 1. The Balaban J connectivity index is 2.12. The molecule has 0 spiro atoms. The Morgan fingerprint density at radius 2 is 2.00 bits per heavy atom. The van der Waals surface area contributed by atoms with Gasteiger partial charge in [0.1, 0.15) is 11.4 Å². The normalized spacial score (nSPS) is 16.1. The molecule has 5 nitrogen and oxygen atoms in total. The Kier molecular flexibility index (Phi) is 5.45. The topological polar surface area (TPSA) is 68.3 Å². The van der Waals surface area contributed by atoms with E-state index in [0.717, 1.165) is 24.3 Å². The predicted octanol–water partition coefficient (Wildman–Crippen LogP) is 3.75. The average Bonchev–Trinajstić information content (AvgIpc) is 2.46. The number of nitrogens with one attached hydrogen (secondary N) is 1. The van der Waals surface area contributed by atoms with Crippen LogP contribution in [-0.4, -0.2) is 34.0 Å². The highest BCUT2D eigenvalue weighted by Crippen LogP contribution is 2.28. The first kappa shape index (κ1) is 16.8. The minimum absolute atomic E-state index is 0.0182. The molecular formula is C16H22N2O3S. The summed E-state index contributed by atoms with van der Waals surface area (Å²) in [5, 5.41) is 2.59. The second-order valence-corrected chi connectivity index (χ2v) is 7.50. The average molecular weight is 322 g/mol. The Hall–Kier alpha value is -1.56. The summed E-state index contributed by atoms with van der Waals surface area (Å²) in [6.07, 6.45) is 2.72. The lowest BCUT2D eigenvalue weighted by Gasteiger charge is -2.22. The number of nitrogens with zero attached hydrogens (tertiary/aromatic N) is 1. The molecule has 1 aliphatic rings. The van der Waals surface area contributed by atoms with Crippen LogP contribution in [0.5, 0.6) is 0 Å². The van der Waals surface area contributed by atoms with Gasteiger partial charge < -0.3 is 4.74 Å². The number of carbonyl (C=O) groups is 2. The zero-order valence-electron chi connectivity index (χ0n) is 13.2. The van der Waals surface area contributed by atoms with E-state index in [1.54, 1.807) is 39.1 Å². The van der Waals surface area contributed by atoms with E-state index in [1.165, 1.54) is 0 Å². The summed E-state index contributed by atoms with van der Waals surface area (Å²) in [5.74, 6) is 2.36. The molecule has 6 heteroatoms. The van der Waals surface area contributed by atoms with E-state index < -0.39 is 11.7 Å². The van der Waals surface area contributed by atoms with Gasteiger partial charge in [0.25, 0.3) is 0 Å². The molecule has 1 fully saturated rings. The summed E-state index contributed by atoms with van der Waals surface area (Å²) in [4.78, 5) is 28.7. The number of ketones is 1.